The first-order valence-corrected chi connectivity index (χ1v) is 13.0. The van der Waals surface area contributed by atoms with Crippen molar-refractivity contribution in [3.8, 4) is 17.2 Å². The summed E-state index contributed by atoms with van der Waals surface area (Å²) in [7, 11) is 8.68. The average Bonchev–Trinajstić information content (AvgIpc) is 3.56. The number of carbonyl (C=O) groups excluding carboxylic acids is 1. The lowest BCUT2D eigenvalue weighted by Gasteiger charge is -2.17. The van der Waals surface area contributed by atoms with Crippen LogP contribution in [0.2, 0.25) is 0 Å². The first-order valence-electron chi connectivity index (χ1n) is 13.0. The molecule has 0 spiro atoms. The van der Waals surface area contributed by atoms with Crippen LogP contribution in [0, 0.1) is 0 Å². The summed E-state index contributed by atoms with van der Waals surface area (Å²) in [4.78, 5) is 30.3. The van der Waals surface area contributed by atoms with Crippen LogP contribution in [0.25, 0.3) is 11.2 Å². The van der Waals surface area contributed by atoms with Crippen molar-refractivity contribution in [2.45, 2.75) is 19.4 Å². The van der Waals surface area contributed by atoms with Gasteiger partial charge in [-0.3, -0.25) is 4.79 Å². The van der Waals surface area contributed by atoms with Gasteiger partial charge in [-0.2, -0.15) is 9.97 Å². The Kier molecular flexibility index (Phi) is 7.76. The van der Waals surface area contributed by atoms with E-state index in [4.69, 9.17) is 24.2 Å². The number of carbonyl (C=O) groups is 1. The minimum Gasteiger partial charge on any atom is -0.493 e. The topological polar surface area (TPSA) is 119 Å². The molecule has 0 atom stereocenters. The Hall–Kier alpha value is -4.74. The fourth-order valence-corrected chi connectivity index (χ4v) is 4.70. The molecule has 1 aliphatic rings. The predicted octanol–water partition coefficient (Wildman–Crippen LogP) is 4.03. The Morgan fingerprint density at radius 3 is 2.38 bits per heavy atom. The highest BCUT2D eigenvalue weighted by Gasteiger charge is 2.21. The van der Waals surface area contributed by atoms with Crippen LogP contribution in [0.1, 0.15) is 12.8 Å². The van der Waals surface area contributed by atoms with E-state index in [1.54, 1.807) is 39.8 Å². The third-order valence-electron chi connectivity index (χ3n) is 6.79. The number of hydrogen-bond donors (Lipinski definition) is 2. The van der Waals surface area contributed by atoms with Gasteiger partial charge in [-0.15, -0.1) is 0 Å². The number of benzene rings is 2. The maximum Gasteiger partial charge on any atom is 0.231 e. The molecular formula is C28H34N8O4. The van der Waals surface area contributed by atoms with Crippen LogP contribution in [0.3, 0.4) is 0 Å². The van der Waals surface area contributed by atoms with Gasteiger partial charge in [-0.25, -0.2) is 4.98 Å². The molecule has 1 fully saturated rings. The van der Waals surface area contributed by atoms with Crippen molar-refractivity contribution < 1.29 is 19.0 Å². The molecule has 0 radical (unpaired) electrons. The smallest absolute Gasteiger partial charge is 0.231 e. The maximum absolute atomic E-state index is 12.2. The van der Waals surface area contributed by atoms with Crippen LogP contribution in [-0.4, -0.2) is 78.8 Å². The summed E-state index contributed by atoms with van der Waals surface area (Å²) in [6.07, 6.45) is 3.24. The van der Waals surface area contributed by atoms with Crippen molar-refractivity contribution in [1.82, 2.24) is 24.4 Å². The molecule has 12 nitrogen and oxygen atoms in total. The molecule has 0 aliphatic carbocycles. The van der Waals surface area contributed by atoms with Gasteiger partial charge in [-0.1, -0.05) is 6.07 Å². The third-order valence-corrected chi connectivity index (χ3v) is 6.79. The number of hydrogen-bond acceptors (Lipinski definition) is 10. The maximum atomic E-state index is 12.2. The lowest BCUT2D eigenvalue weighted by Crippen LogP contribution is -2.28. The highest BCUT2D eigenvalue weighted by atomic mass is 16.5. The number of methoxy groups -OCH3 is 3. The zero-order valence-electron chi connectivity index (χ0n) is 23.4. The van der Waals surface area contributed by atoms with E-state index in [1.807, 2.05) is 52.7 Å². The summed E-state index contributed by atoms with van der Waals surface area (Å²) in [6, 6.07) is 11.6. The van der Waals surface area contributed by atoms with Gasteiger partial charge in [0.05, 0.1) is 27.7 Å². The van der Waals surface area contributed by atoms with E-state index in [0.29, 0.717) is 65.4 Å². The van der Waals surface area contributed by atoms with Crippen LogP contribution in [-0.2, 0) is 11.3 Å². The Morgan fingerprint density at radius 2 is 1.73 bits per heavy atom. The fourth-order valence-electron chi connectivity index (χ4n) is 4.70. The standard InChI is InChI=1S/C28H34N8O4/c1-34(2)20-9-6-8-18(14-20)31-28-32-26(30-19-15-21(38-3)25(40-5)22(16-19)39-4)24-27(33-28)36(17-29-24)13-12-35-11-7-10-23(35)37/h6,8-9,14-17H,7,10-13H2,1-5H3,(H2,30,31,32,33). The Bertz CT molecular complexity index is 1490. The quantitative estimate of drug-likeness (QED) is 0.285. The second-order valence-electron chi connectivity index (χ2n) is 9.60. The molecule has 0 saturated carbocycles. The zero-order chi connectivity index (χ0) is 28.2. The van der Waals surface area contributed by atoms with Gasteiger partial charge in [0.2, 0.25) is 17.6 Å². The molecule has 0 unspecified atom stereocenters. The van der Waals surface area contributed by atoms with Crippen molar-refractivity contribution in [3.63, 3.8) is 0 Å². The molecule has 12 heteroatoms. The number of amides is 1. The number of anilines is 5. The zero-order valence-corrected chi connectivity index (χ0v) is 23.4. The van der Waals surface area contributed by atoms with Gasteiger partial charge >= 0.3 is 0 Å². The monoisotopic (exact) mass is 546 g/mol. The first-order chi connectivity index (χ1) is 19.4. The first kappa shape index (κ1) is 26.9. The number of imidazole rings is 1. The SMILES string of the molecule is COc1cc(Nc2nc(Nc3cccc(N(C)C)c3)nc3c2ncn3CCN2CCCC2=O)cc(OC)c1OC. The molecular weight excluding hydrogens is 512 g/mol. The van der Waals surface area contributed by atoms with Crippen molar-refractivity contribution in [1.29, 1.82) is 0 Å². The van der Waals surface area contributed by atoms with Crippen LogP contribution < -0.4 is 29.7 Å². The molecule has 1 aliphatic heterocycles. The van der Waals surface area contributed by atoms with Gasteiger partial charge in [0.15, 0.2) is 28.5 Å². The van der Waals surface area contributed by atoms with E-state index in [9.17, 15) is 4.79 Å². The van der Waals surface area contributed by atoms with Crippen molar-refractivity contribution in [3.05, 3.63) is 42.7 Å². The Morgan fingerprint density at radius 1 is 0.950 bits per heavy atom. The van der Waals surface area contributed by atoms with E-state index < -0.39 is 0 Å². The lowest BCUT2D eigenvalue weighted by molar-refractivity contribution is -0.127. The van der Waals surface area contributed by atoms with E-state index in [2.05, 4.69) is 15.6 Å². The average molecular weight is 547 g/mol. The molecule has 1 amide bonds. The molecule has 2 aromatic carbocycles. The summed E-state index contributed by atoms with van der Waals surface area (Å²) in [5, 5.41) is 6.70. The largest absolute Gasteiger partial charge is 0.493 e. The van der Waals surface area contributed by atoms with Gasteiger partial charge in [0.1, 0.15) is 0 Å². The molecule has 40 heavy (non-hydrogen) atoms. The van der Waals surface area contributed by atoms with Crippen LogP contribution >= 0.6 is 0 Å². The molecule has 210 valence electrons. The van der Waals surface area contributed by atoms with Crippen LogP contribution in [0.15, 0.2) is 42.7 Å². The van der Waals surface area contributed by atoms with Crippen LogP contribution in [0.5, 0.6) is 17.2 Å². The molecule has 5 rings (SSSR count). The molecule has 3 heterocycles. The minimum absolute atomic E-state index is 0.187. The van der Waals surface area contributed by atoms with Gasteiger partial charge in [0, 0.05) is 69.3 Å². The number of fused-ring (bicyclic) bond motifs is 1. The van der Waals surface area contributed by atoms with Crippen molar-refractivity contribution in [2.75, 3.05) is 64.0 Å². The van der Waals surface area contributed by atoms with E-state index in [1.165, 1.54) is 0 Å². The van der Waals surface area contributed by atoms with Crippen LogP contribution in [0.4, 0.5) is 28.8 Å². The lowest BCUT2D eigenvalue weighted by atomic mass is 10.2. The highest BCUT2D eigenvalue weighted by molar-refractivity contribution is 5.87. The van der Waals surface area contributed by atoms with Crippen molar-refractivity contribution in [2.24, 2.45) is 0 Å². The van der Waals surface area contributed by atoms with Gasteiger partial charge in [0.25, 0.3) is 0 Å². The van der Waals surface area contributed by atoms with Crippen molar-refractivity contribution >= 4 is 45.9 Å². The number of aromatic nitrogens is 4. The minimum atomic E-state index is 0.187. The summed E-state index contributed by atoms with van der Waals surface area (Å²) >= 11 is 0. The molecule has 2 aromatic heterocycles. The number of rotatable bonds is 11. The van der Waals surface area contributed by atoms with E-state index in [-0.39, 0.29) is 5.91 Å². The number of ether oxygens (including phenoxy) is 3. The molecule has 4 aromatic rings. The number of nitrogens with one attached hydrogen (secondary N) is 2. The fraction of sp³-hybridized carbons (Fsp3) is 0.357. The summed E-state index contributed by atoms with van der Waals surface area (Å²) in [5.41, 5.74) is 3.80. The molecule has 0 bridgehead atoms. The third kappa shape index (κ3) is 5.51. The van der Waals surface area contributed by atoms with Gasteiger partial charge in [-0.05, 0) is 24.6 Å². The highest BCUT2D eigenvalue weighted by Crippen LogP contribution is 2.41. The summed E-state index contributed by atoms with van der Waals surface area (Å²) in [6.45, 7) is 1.94. The summed E-state index contributed by atoms with van der Waals surface area (Å²) < 4.78 is 18.5. The number of likely N-dealkylation sites (tertiary alicyclic amines) is 1. The number of nitrogens with zero attached hydrogens (tertiary/aromatic N) is 6. The van der Waals surface area contributed by atoms with Gasteiger partial charge < -0.3 is 39.2 Å². The molecule has 1 saturated heterocycles. The van der Waals surface area contributed by atoms with E-state index in [0.717, 1.165) is 24.3 Å². The van der Waals surface area contributed by atoms with E-state index >= 15 is 0 Å². The normalized spacial score (nSPS) is 13.0. The Labute approximate surface area is 232 Å². The summed E-state index contributed by atoms with van der Waals surface area (Å²) in [5.74, 6) is 2.60. The Balaban J connectivity index is 1.53. The second-order valence-corrected chi connectivity index (χ2v) is 9.60. The predicted molar refractivity (Wildman–Crippen MR) is 155 cm³/mol. The second kappa shape index (κ2) is 11.6. The molecule has 2 N–H and O–H groups in total.